The number of benzene rings is 1. The average molecular weight is 261 g/mol. The van der Waals surface area contributed by atoms with Crippen LogP contribution in [0.25, 0.3) is 0 Å². The monoisotopic (exact) mass is 261 g/mol. The Balaban J connectivity index is 2.76. The third-order valence-corrected chi connectivity index (χ3v) is 2.52. The fourth-order valence-corrected chi connectivity index (χ4v) is 1.36. The molecule has 1 aromatic rings. The molecule has 2 N–H and O–H groups in total. The lowest BCUT2D eigenvalue weighted by Crippen LogP contribution is -2.36. The van der Waals surface area contributed by atoms with Gasteiger partial charge in [0.15, 0.2) is 0 Å². The highest BCUT2D eigenvalue weighted by atomic mass is 19.4. The highest BCUT2D eigenvalue weighted by molar-refractivity contribution is 5.94. The summed E-state index contributed by atoms with van der Waals surface area (Å²) in [5.41, 5.74) is -0.664. The molecule has 0 saturated heterocycles. The van der Waals surface area contributed by atoms with Gasteiger partial charge in [0.05, 0.1) is 18.2 Å². The number of amides is 1. The predicted molar refractivity (Wildman–Crippen MR) is 60.1 cm³/mol. The maximum Gasteiger partial charge on any atom is 0.416 e. The summed E-state index contributed by atoms with van der Waals surface area (Å²) < 4.78 is 36.9. The normalized spacial score (nSPS) is 13.2. The predicted octanol–water partition coefficient (Wildman–Crippen LogP) is 2.21. The fourth-order valence-electron chi connectivity index (χ4n) is 1.36. The van der Waals surface area contributed by atoms with E-state index in [9.17, 15) is 18.0 Å². The van der Waals surface area contributed by atoms with Gasteiger partial charge in [0.2, 0.25) is 0 Å². The Labute approximate surface area is 103 Å². The molecule has 0 bridgehead atoms. The van der Waals surface area contributed by atoms with E-state index in [4.69, 9.17) is 5.11 Å². The van der Waals surface area contributed by atoms with Gasteiger partial charge in [-0.3, -0.25) is 4.79 Å². The zero-order valence-corrected chi connectivity index (χ0v) is 9.79. The molecule has 1 aromatic carbocycles. The molecular formula is C12H14F3NO2. The summed E-state index contributed by atoms with van der Waals surface area (Å²) >= 11 is 0. The van der Waals surface area contributed by atoms with Crippen LogP contribution in [0.2, 0.25) is 0 Å². The molecule has 0 aromatic heterocycles. The molecule has 100 valence electrons. The Morgan fingerprint density at radius 3 is 2.28 bits per heavy atom. The van der Waals surface area contributed by atoms with Gasteiger partial charge in [-0.15, -0.1) is 0 Å². The molecule has 0 fully saturated rings. The molecule has 0 saturated carbocycles. The molecule has 3 nitrogen and oxygen atoms in total. The number of carbonyl (C=O) groups excluding carboxylic acids is 1. The van der Waals surface area contributed by atoms with E-state index in [0.717, 1.165) is 24.3 Å². The Morgan fingerprint density at radius 1 is 1.33 bits per heavy atom. The lowest BCUT2D eigenvalue weighted by atomic mass is 10.1. The van der Waals surface area contributed by atoms with Crippen LogP contribution in [0.15, 0.2) is 24.3 Å². The summed E-state index contributed by atoms with van der Waals surface area (Å²) in [4.78, 5) is 11.6. The van der Waals surface area contributed by atoms with Crippen LogP contribution in [0, 0.1) is 0 Å². The Bertz CT molecular complexity index is 397. The van der Waals surface area contributed by atoms with E-state index in [-0.39, 0.29) is 18.2 Å². The largest absolute Gasteiger partial charge is 0.416 e. The summed E-state index contributed by atoms with van der Waals surface area (Å²) in [5.74, 6) is -0.496. The first kappa shape index (κ1) is 14.5. The van der Waals surface area contributed by atoms with E-state index in [1.54, 1.807) is 6.92 Å². The number of aliphatic hydroxyl groups excluding tert-OH is 1. The van der Waals surface area contributed by atoms with E-state index in [1.165, 1.54) is 0 Å². The molecule has 0 heterocycles. The minimum absolute atomic E-state index is 0.134. The van der Waals surface area contributed by atoms with Crippen LogP contribution in [0.1, 0.15) is 29.3 Å². The van der Waals surface area contributed by atoms with Crippen molar-refractivity contribution in [2.75, 3.05) is 6.61 Å². The van der Waals surface area contributed by atoms with Crippen LogP contribution in [0.5, 0.6) is 0 Å². The van der Waals surface area contributed by atoms with Gasteiger partial charge in [-0.25, -0.2) is 0 Å². The lowest BCUT2D eigenvalue weighted by molar-refractivity contribution is -0.137. The quantitative estimate of drug-likeness (QED) is 0.873. The van der Waals surface area contributed by atoms with E-state index >= 15 is 0 Å². The third-order valence-electron chi connectivity index (χ3n) is 2.52. The molecule has 0 radical (unpaired) electrons. The minimum Gasteiger partial charge on any atom is -0.394 e. The maximum absolute atomic E-state index is 12.3. The molecule has 1 atom stereocenters. The summed E-state index contributed by atoms with van der Waals surface area (Å²) in [6.07, 6.45) is -3.87. The van der Waals surface area contributed by atoms with Gasteiger partial charge in [-0.2, -0.15) is 13.2 Å². The summed E-state index contributed by atoms with van der Waals surface area (Å²) in [6.45, 7) is 1.58. The number of carbonyl (C=O) groups is 1. The molecule has 0 spiro atoms. The molecule has 0 aliphatic heterocycles. The SMILES string of the molecule is CCC(CO)NC(=O)c1ccc(C(F)(F)F)cc1. The average Bonchev–Trinajstić information content (AvgIpc) is 2.34. The zero-order valence-electron chi connectivity index (χ0n) is 9.79. The van der Waals surface area contributed by atoms with Crippen LogP contribution in [0.3, 0.4) is 0 Å². The number of hydrogen-bond acceptors (Lipinski definition) is 2. The second-order valence-corrected chi connectivity index (χ2v) is 3.84. The van der Waals surface area contributed by atoms with Crippen molar-refractivity contribution in [3.63, 3.8) is 0 Å². The fraction of sp³-hybridized carbons (Fsp3) is 0.417. The lowest BCUT2D eigenvalue weighted by Gasteiger charge is -2.14. The van der Waals surface area contributed by atoms with Gasteiger partial charge in [0, 0.05) is 5.56 Å². The van der Waals surface area contributed by atoms with Crippen LogP contribution >= 0.6 is 0 Å². The number of nitrogens with one attached hydrogen (secondary N) is 1. The first-order valence-electron chi connectivity index (χ1n) is 5.47. The van der Waals surface area contributed by atoms with Gasteiger partial charge >= 0.3 is 6.18 Å². The minimum atomic E-state index is -4.41. The second-order valence-electron chi connectivity index (χ2n) is 3.84. The van der Waals surface area contributed by atoms with Crippen molar-refractivity contribution in [3.8, 4) is 0 Å². The molecule has 0 aliphatic rings. The van der Waals surface area contributed by atoms with E-state index < -0.39 is 17.6 Å². The summed E-state index contributed by atoms with van der Waals surface area (Å²) in [5, 5.41) is 11.4. The van der Waals surface area contributed by atoms with Crippen molar-refractivity contribution >= 4 is 5.91 Å². The van der Waals surface area contributed by atoms with E-state index in [1.807, 2.05) is 0 Å². The first-order valence-corrected chi connectivity index (χ1v) is 5.47. The van der Waals surface area contributed by atoms with Crippen molar-refractivity contribution in [2.24, 2.45) is 0 Å². The van der Waals surface area contributed by atoms with E-state index in [2.05, 4.69) is 5.32 Å². The smallest absolute Gasteiger partial charge is 0.394 e. The molecule has 0 aliphatic carbocycles. The van der Waals surface area contributed by atoms with Crippen molar-refractivity contribution in [1.29, 1.82) is 0 Å². The Kier molecular flexibility index (Phi) is 4.72. The van der Waals surface area contributed by atoms with Gasteiger partial charge in [-0.1, -0.05) is 6.92 Å². The van der Waals surface area contributed by atoms with Crippen LogP contribution in [-0.4, -0.2) is 23.7 Å². The molecule has 18 heavy (non-hydrogen) atoms. The first-order chi connectivity index (χ1) is 8.38. The number of hydrogen-bond donors (Lipinski definition) is 2. The van der Waals surface area contributed by atoms with Gasteiger partial charge in [0.1, 0.15) is 0 Å². The molecular weight excluding hydrogens is 247 g/mol. The zero-order chi connectivity index (χ0) is 13.8. The third kappa shape index (κ3) is 3.73. The molecule has 1 rings (SSSR count). The van der Waals surface area contributed by atoms with Crippen molar-refractivity contribution in [1.82, 2.24) is 5.32 Å². The topological polar surface area (TPSA) is 49.3 Å². The number of aliphatic hydroxyl groups is 1. The number of alkyl halides is 3. The van der Waals surface area contributed by atoms with Crippen LogP contribution in [0.4, 0.5) is 13.2 Å². The molecule has 1 amide bonds. The maximum atomic E-state index is 12.3. The van der Waals surface area contributed by atoms with Crippen LogP contribution < -0.4 is 5.32 Å². The van der Waals surface area contributed by atoms with Crippen molar-refractivity contribution < 1.29 is 23.1 Å². The number of halogens is 3. The second kappa shape index (κ2) is 5.86. The number of rotatable bonds is 4. The molecule has 6 heteroatoms. The van der Waals surface area contributed by atoms with E-state index in [0.29, 0.717) is 6.42 Å². The van der Waals surface area contributed by atoms with Crippen LogP contribution in [-0.2, 0) is 6.18 Å². The van der Waals surface area contributed by atoms with Crippen molar-refractivity contribution in [3.05, 3.63) is 35.4 Å². The summed E-state index contributed by atoms with van der Waals surface area (Å²) in [6, 6.07) is 3.55. The highest BCUT2D eigenvalue weighted by Gasteiger charge is 2.30. The van der Waals surface area contributed by atoms with Gasteiger partial charge in [0.25, 0.3) is 5.91 Å². The van der Waals surface area contributed by atoms with Crippen molar-refractivity contribution in [2.45, 2.75) is 25.6 Å². The molecule has 1 unspecified atom stereocenters. The van der Waals surface area contributed by atoms with Gasteiger partial charge in [-0.05, 0) is 30.7 Å². The standard InChI is InChI=1S/C12H14F3NO2/c1-2-10(7-17)16-11(18)8-3-5-9(6-4-8)12(13,14)15/h3-6,10,17H,2,7H2,1H3,(H,16,18). The summed E-state index contributed by atoms with van der Waals surface area (Å²) in [7, 11) is 0. The highest BCUT2D eigenvalue weighted by Crippen LogP contribution is 2.29. The Hall–Kier alpha value is -1.56. The van der Waals surface area contributed by atoms with Gasteiger partial charge < -0.3 is 10.4 Å². The Morgan fingerprint density at radius 2 is 1.89 bits per heavy atom.